The molecule has 3 amide bonds. The Morgan fingerprint density at radius 2 is 1.92 bits per heavy atom. The summed E-state index contributed by atoms with van der Waals surface area (Å²) in [5, 5.41) is 8.51. The summed E-state index contributed by atoms with van der Waals surface area (Å²) in [7, 11) is -0.881. The Kier molecular flexibility index (Phi) is 8.92. The van der Waals surface area contributed by atoms with Gasteiger partial charge in [-0.25, -0.2) is 4.79 Å². The normalized spacial score (nSPS) is 13.2. The van der Waals surface area contributed by atoms with Crippen molar-refractivity contribution in [2.24, 2.45) is 5.92 Å². The molecular formula is C17H26ClN3O3S. The molecule has 1 aromatic rings. The van der Waals surface area contributed by atoms with Crippen LogP contribution in [0.1, 0.15) is 37.6 Å². The van der Waals surface area contributed by atoms with Crippen molar-refractivity contribution in [2.45, 2.75) is 33.2 Å². The van der Waals surface area contributed by atoms with Gasteiger partial charge in [-0.3, -0.25) is 9.00 Å². The van der Waals surface area contributed by atoms with Gasteiger partial charge in [0.25, 0.3) is 5.91 Å². The summed E-state index contributed by atoms with van der Waals surface area (Å²) in [5.41, 5.74) is 0.862. The molecule has 0 saturated heterocycles. The Morgan fingerprint density at radius 3 is 2.48 bits per heavy atom. The molecule has 140 valence electrons. The molecule has 8 heteroatoms. The van der Waals surface area contributed by atoms with Crippen LogP contribution in [0, 0.1) is 5.92 Å². The molecule has 25 heavy (non-hydrogen) atoms. The molecule has 0 aliphatic rings. The minimum atomic E-state index is -0.881. The minimum Gasteiger partial charge on any atom is -0.352 e. The molecule has 3 N–H and O–H groups in total. The third kappa shape index (κ3) is 8.36. The van der Waals surface area contributed by atoms with Gasteiger partial charge in [0.05, 0.1) is 10.6 Å². The van der Waals surface area contributed by atoms with Gasteiger partial charge >= 0.3 is 6.03 Å². The summed E-state index contributed by atoms with van der Waals surface area (Å²) in [5.74, 6) is 0.642. The number of carbonyl (C=O) groups is 2. The predicted octanol–water partition coefficient (Wildman–Crippen LogP) is 3.00. The lowest BCUT2D eigenvalue weighted by atomic mass is 10.1. The van der Waals surface area contributed by atoms with E-state index in [9.17, 15) is 13.8 Å². The molecule has 0 spiro atoms. The second-order valence-corrected chi connectivity index (χ2v) is 8.33. The summed E-state index contributed by atoms with van der Waals surface area (Å²) < 4.78 is 11.1. The molecule has 0 heterocycles. The zero-order chi connectivity index (χ0) is 19.0. The lowest BCUT2D eigenvalue weighted by molar-refractivity contribution is 0.0949. The Hall–Kier alpha value is -1.60. The van der Waals surface area contributed by atoms with E-state index in [2.05, 4.69) is 16.0 Å². The van der Waals surface area contributed by atoms with E-state index >= 15 is 0 Å². The fraction of sp³-hybridized carbons (Fsp3) is 0.529. The van der Waals surface area contributed by atoms with E-state index in [4.69, 9.17) is 11.6 Å². The van der Waals surface area contributed by atoms with Gasteiger partial charge in [0, 0.05) is 41.1 Å². The lowest BCUT2D eigenvalue weighted by Gasteiger charge is -2.15. The van der Waals surface area contributed by atoms with Crippen LogP contribution in [0.15, 0.2) is 18.2 Å². The molecule has 6 nitrogen and oxygen atoms in total. The molecule has 0 bridgehead atoms. The van der Waals surface area contributed by atoms with Crippen molar-refractivity contribution in [3.63, 3.8) is 0 Å². The highest BCUT2D eigenvalue weighted by molar-refractivity contribution is 7.84. The van der Waals surface area contributed by atoms with Crippen molar-refractivity contribution in [3.8, 4) is 0 Å². The van der Waals surface area contributed by atoms with Crippen molar-refractivity contribution >= 4 is 40.0 Å². The largest absolute Gasteiger partial charge is 0.352 e. The van der Waals surface area contributed by atoms with Gasteiger partial charge in [0.1, 0.15) is 0 Å². The summed E-state index contributed by atoms with van der Waals surface area (Å²) in [6.45, 7) is 6.43. The van der Waals surface area contributed by atoms with Gasteiger partial charge < -0.3 is 16.0 Å². The van der Waals surface area contributed by atoms with Crippen molar-refractivity contribution in [1.29, 1.82) is 0 Å². The molecule has 0 fully saturated rings. The van der Waals surface area contributed by atoms with E-state index in [-0.39, 0.29) is 23.0 Å². The second-order valence-electron chi connectivity index (χ2n) is 6.36. The summed E-state index contributed by atoms with van der Waals surface area (Å²) >= 11 is 6.15. The first-order chi connectivity index (χ1) is 11.7. The van der Waals surface area contributed by atoms with Crippen LogP contribution in [-0.2, 0) is 10.8 Å². The van der Waals surface area contributed by atoms with Crippen LogP contribution in [-0.4, -0.2) is 40.7 Å². The molecule has 0 aromatic heterocycles. The minimum absolute atomic E-state index is 0.0968. The van der Waals surface area contributed by atoms with E-state index in [1.807, 2.05) is 20.8 Å². The van der Waals surface area contributed by atoms with E-state index in [1.165, 1.54) is 6.07 Å². The van der Waals surface area contributed by atoms with E-state index in [1.54, 1.807) is 18.4 Å². The average molecular weight is 388 g/mol. The standard InChI is InChI=1S/C17H26ClN3O3S/c1-11(2)10-19-16(22)14-6-5-13(9-15(14)18)21-17(23)20-12(3)7-8-25(4)24/h5-6,9,11-12H,7-8,10H2,1-4H3,(H,19,22)(H2,20,21,23). The maximum Gasteiger partial charge on any atom is 0.319 e. The molecule has 1 rings (SSSR count). The van der Waals surface area contributed by atoms with E-state index < -0.39 is 10.8 Å². The summed E-state index contributed by atoms with van der Waals surface area (Å²) in [6, 6.07) is 4.28. The number of hydrogen-bond acceptors (Lipinski definition) is 3. The van der Waals surface area contributed by atoms with Crippen LogP contribution in [0.25, 0.3) is 0 Å². The van der Waals surface area contributed by atoms with Crippen LogP contribution in [0.5, 0.6) is 0 Å². The quantitative estimate of drug-likeness (QED) is 0.640. The Labute approximate surface area is 156 Å². The molecule has 0 radical (unpaired) electrons. The van der Waals surface area contributed by atoms with Gasteiger partial charge in [-0.15, -0.1) is 0 Å². The van der Waals surface area contributed by atoms with Crippen LogP contribution in [0.2, 0.25) is 5.02 Å². The number of carbonyl (C=O) groups excluding carboxylic acids is 2. The Balaban J connectivity index is 2.60. The zero-order valence-corrected chi connectivity index (χ0v) is 16.6. The summed E-state index contributed by atoms with van der Waals surface area (Å²) in [4.78, 5) is 24.0. The number of amides is 3. The van der Waals surface area contributed by atoms with Gasteiger partial charge in [-0.2, -0.15) is 0 Å². The van der Waals surface area contributed by atoms with Gasteiger partial charge in [0.15, 0.2) is 0 Å². The number of rotatable bonds is 8. The number of nitrogens with one attached hydrogen (secondary N) is 3. The van der Waals surface area contributed by atoms with Gasteiger partial charge in [-0.1, -0.05) is 25.4 Å². The maximum atomic E-state index is 12.1. The molecule has 2 atom stereocenters. The Morgan fingerprint density at radius 1 is 1.24 bits per heavy atom. The fourth-order valence-electron chi connectivity index (χ4n) is 1.97. The number of halogens is 1. The lowest BCUT2D eigenvalue weighted by Crippen LogP contribution is -2.36. The molecule has 0 aliphatic carbocycles. The first-order valence-corrected chi connectivity index (χ1v) is 10.2. The SMILES string of the molecule is CC(C)CNC(=O)c1ccc(NC(=O)NC(C)CCS(C)=O)cc1Cl. The van der Waals surface area contributed by atoms with E-state index in [0.29, 0.717) is 35.9 Å². The van der Waals surface area contributed by atoms with Crippen molar-refractivity contribution in [2.75, 3.05) is 23.9 Å². The maximum absolute atomic E-state index is 12.1. The number of hydrogen-bond donors (Lipinski definition) is 3. The fourth-order valence-corrected chi connectivity index (χ4v) is 2.93. The van der Waals surface area contributed by atoms with Crippen LogP contribution in [0.4, 0.5) is 10.5 Å². The molecule has 0 saturated carbocycles. The van der Waals surface area contributed by atoms with Gasteiger partial charge in [0.2, 0.25) is 0 Å². The monoisotopic (exact) mass is 387 g/mol. The summed E-state index contributed by atoms with van der Waals surface area (Å²) in [6.07, 6.45) is 2.26. The topological polar surface area (TPSA) is 87.3 Å². The van der Waals surface area contributed by atoms with Crippen molar-refractivity contribution < 1.29 is 13.8 Å². The highest BCUT2D eigenvalue weighted by atomic mass is 35.5. The highest BCUT2D eigenvalue weighted by Gasteiger charge is 2.13. The molecule has 2 unspecified atom stereocenters. The third-order valence-electron chi connectivity index (χ3n) is 3.36. The Bertz CT molecular complexity index is 638. The first-order valence-electron chi connectivity index (χ1n) is 8.14. The van der Waals surface area contributed by atoms with Crippen LogP contribution in [0.3, 0.4) is 0 Å². The second kappa shape index (κ2) is 10.4. The van der Waals surface area contributed by atoms with Crippen molar-refractivity contribution in [1.82, 2.24) is 10.6 Å². The zero-order valence-electron chi connectivity index (χ0n) is 15.0. The van der Waals surface area contributed by atoms with Crippen LogP contribution >= 0.6 is 11.6 Å². The average Bonchev–Trinajstić information content (AvgIpc) is 2.50. The van der Waals surface area contributed by atoms with Gasteiger partial charge in [-0.05, 0) is 37.5 Å². The first kappa shape index (κ1) is 21.4. The smallest absolute Gasteiger partial charge is 0.319 e. The molecule has 0 aliphatic heterocycles. The predicted molar refractivity (Wildman–Crippen MR) is 104 cm³/mol. The molecule has 1 aromatic carbocycles. The molecular weight excluding hydrogens is 362 g/mol. The van der Waals surface area contributed by atoms with E-state index in [0.717, 1.165) is 0 Å². The number of urea groups is 1. The van der Waals surface area contributed by atoms with Crippen molar-refractivity contribution in [3.05, 3.63) is 28.8 Å². The number of anilines is 1. The number of benzene rings is 1. The van der Waals surface area contributed by atoms with Crippen LogP contribution < -0.4 is 16.0 Å². The highest BCUT2D eigenvalue weighted by Crippen LogP contribution is 2.21. The third-order valence-corrected chi connectivity index (χ3v) is 4.48.